The lowest BCUT2D eigenvalue weighted by Gasteiger charge is -2.24. The van der Waals surface area contributed by atoms with Crippen LogP contribution in [-0.2, 0) is 9.59 Å². The predicted molar refractivity (Wildman–Crippen MR) is 135 cm³/mol. The van der Waals surface area contributed by atoms with Gasteiger partial charge in [-0.25, -0.2) is 4.98 Å². The summed E-state index contributed by atoms with van der Waals surface area (Å²) in [7, 11) is 3.24. The Kier molecular flexibility index (Phi) is 7.39. The van der Waals surface area contributed by atoms with Crippen LogP contribution in [0.4, 0.5) is 5.95 Å². The molecule has 1 fully saturated rings. The number of anilines is 1. The maximum Gasteiger partial charge on any atom is 0.246 e. The number of methoxy groups -OCH3 is 2. The largest absolute Gasteiger partial charge is 0.497 e. The normalized spacial score (nSPS) is 12.9. The van der Waals surface area contributed by atoms with Gasteiger partial charge in [-0.1, -0.05) is 13.8 Å². The monoisotopic (exact) mass is 476 g/mol. The summed E-state index contributed by atoms with van der Waals surface area (Å²) < 4.78 is 12.4. The quantitative estimate of drug-likeness (QED) is 0.469. The van der Waals surface area contributed by atoms with Gasteiger partial charge in [0, 0.05) is 29.9 Å². The van der Waals surface area contributed by atoms with E-state index in [0.717, 1.165) is 35.6 Å². The van der Waals surface area contributed by atoms with Gasteiger partial charge in [0.25, 0.3) is 0 Å². The smallest absolute Gasteiger partial charge is 0.246 e. The fraction of sp³-hybridized carbons (Fsp3) is 0.370. The number of nitrogens with zero attached hydrogens (tertiary/aromatic N) is 3. The molecule has 8 heteroatoms. The first kappa shape index (κ1) is 24.3. The fourth-order valence-corrected chi connectivity index (χ4v) is 3.91. The van der Waals surface area contributed by atoms with Gasteiger partial charge in [0.2, 0.25) is 17.8 Å². The third kappa shape index (κ3) is 6.01. The van der Waals surface area contributed by atoms with Crippen LogP contribution in [0.5, 0.6) is 11.5 Å². The fourth-order valence-electron chi connectivity index (χ4n) is 3.91. The highest BCUT2D eigenvalue weighted by Crippen LogP contribution is 2.31. The number of aromatic nitrogens is 2. The molecule has 0 aliphatic heterocycles. The maximum absolute atomic E-state index is 13.1. The minimum absolute atomic E-state index is 0.000848. The topological polar surface area (TPSA) is 85.7 Å². The molecule has 1 aromatic heterocycles. The number of hydrogen-bond donors (Lipinski definition) is 1. The van der Waals surface area contributed by atoms with Crippen molar-refractivity contribution >= 4 is 17.8 Å². The van der Waals surface area contributed by atoms with E-state index in [0.29, 0.717) is 18.2 Å². The number of imidazole rings is 1. The molecular weight excluding hydrogens is 444 g/mol. The summed E-state index contributed by atoms with van der Waals surface area (Å²) in [6.07, 6.45) is 3.69. The molecule has 1 saturated carbocycles. The molecule has 0 spiro atoms. The number of nitrogens with one attached hydrogen (secondary N) is 1. The third-order valence-electron chi connectivity index (χ3n) is 5.85. The van der Waals surface area contributed by atoms with Gasteiger partial charge in [0.15, 0.2) is 0 Å². The van der Waals surface area contributed by atoms with Gasteiger partial charge in [-0.3, -0.25) is 19.5 Å². The van der Waals surface area contributed by atoms with Crippen molar-refractivity contribution in [3.8, 4) is 28.4 Å². The lowest BCUT2D eigenvalue weighted by Crippen LogP contribution is -2.41. The maximum atomic E-state index is 13.1. The molecule has 2 aromatic carbocycles. The second-order valence-electron chi connectivity index (χ2n) is 9.18. The Morgan fingerprint density at radius 1 is 1.03 bits per heavy atom. The second-order valence-corrected chi connectivity index (χ2v) is 9.18. The van der Waals surface area contributed by atoms with Crippen LogP contribution in [0.25, 0.3) is 16.9 Å². The molecule has 1 aliphatic rings. The van der Waals surface area contributed by atoms with Gasteiger partial charge < -0.3 is 14.4 Å². The van der Waals surface area contributed by atoms with E-state index in [1.165, 1.54) is 0 Å². The van der Waals surface area contributed by atoms with E-state index in [-0.39, 0.29) is 30.2 Å². The van der Waals surface area contributed by atoms with Crippen LogP contribution in [0.15, 0.2) is 54.7 Å². The van der Waals surface area contributed by atoms with E-state index < -0.39 is 0 Å². The lowest BCUT2D eigenvalue weighted by atomic mass is 10.1. The molecule has 1 N–H and O–H groups in total. The van der Waals surface area contributed by atoms with Crippen molar-refractivity contribution in [2.75, 3.05) is 32.6 Å². The Hall–Kier alpha value is -3.81. The summed E-state index contributed by atoms with van der Waals surface area (Å²) in [6.45, 7) is 4.64. The summed E-state index contributed by atoms with van der Waals surface area (Å²) >= 11 is 0. The molecule has 35 heavy (non-hydrogen) atoms. The zero-order chi connectivity index (χ0) is 24.9. The SMILES string of the molecule is COc1ccc(-c2cn(-c3ccc(OC)cc3)c(NC(=O)CN(CC(C)C)C(=O)C3CC3)n2)cc1. The number of carbonyl (C=O) groups is 2. The molecule has 2 amide bonds. The molecule has 8 nitrogen and oxygen atoms in total. The average Bonchev–Trinajstić information content (AvgIpc) is 3.63. The molecule has 0 unspecified atom stereocenters. The van der Waals surface area contributed by atoms with Gasteiger partial charge >= 0.3 is 0 Å². The molecule has 0 radical (unpaired) electrons. The highest BCUT2D eigenvalue weighted by molar-refractivity contribution is 5.94. The summed E-state index contributed by atoms with van der Waals surface area (Å²) in [6, 6.07) is 15.1. The Balaban J connectivity index is 1.61. The molecule has 1 aliphatic carbocycles. The van der Waals surface area contributed by atoms with Gasteiger partial charge in [0.05, 0.1) is 26.5 Å². The molecule has 0 saturated heterocycles. The molecule has 3 aromatic rings. The Bertz CT molecular complexity index is 1160. The van der Waals surface area contributed by atoms with E-state index in [9.17, 15) is 9.59 Å². The van der Waals surface area contributed by atoms with Crippen molar-refractivity contribution in [2.24, 2.45) is 11.8 Å². The van der Waals surface area contributed by atoms with Gasteiger partial charge in [-0.15, -0.1) is 0 Å². The summed E-state index contributed by atoms with van der Waals surface area (Å²) in [5, 5.41) is 2.93. The number of carbonyl (C=O) groups excluding carboxylic acids is 2. The Morgan fingerprint density at radius 2 is 1.63 bits per heavy atom. The first-order valence-corrected chi connectivity index (χ1v) is 11.8. The first-order valence-electron chi connectivity index (χ1n) is 11.8. The van der Waals surface area contributed by atoms with Crippen LogP contribution in [0.2, 0.25) is 0 Å². The van der Waals surface area contributed by atoms with E-state index >= 15 is 0 Å². The molecule has 4 rings (SSSR count). The number of benzene rings is 2. The van der Waals surface area contributed by atoms with Crippen molar-refractivity contribution in [3.63, 3.8) is 0 Å². The van der Waals surface area contributed by atoms with Crippen molar-refractivity contribution < 1.29 is 19.1 Å². The Morgan fingerprint density at radius 3 is 2.17 bits per heavy atom. The van der Waals surface area contributed by atoms with Crippen LogP contribution >= 0.6 is 0 Å². The molecule has 184 valence electrons. The third-order valence-corrected chi connectivity index (χ3v) is 5.85. The van der Waals surface area contributed by atoms with Gasteiger partial charge in [-0.2, -0.15) is 0 Å². The average molecular weight is 477 g/mol. The summed E-state index contributed by atoms with van der Waals surface area (Å²) in [4.78, 5) is 32.2. The number of ether oxygens (including phenoxy) is 2. The van der Waals surface area contributed by atoms with Crippen LogP contribution in [0, 0.1) is 11.8 Å². The summed E-state index contributed by atoms with van der Waals surface area (Å²) in [5.41, 5.74) is 2.41. The van der Waals surface area contributed by atoms with Crippen molar-refractivity contribution in [2.45, 2.75) is 26.7 Å². The van der Waals surface area contributed by atoms with E-state index in [1.807, 2.05) is 73.1 Å². The number of amides is 2. The van der Waals surface area contributed by atoms with E-state index in [4.69, 9.17) is 14.5 Å². The molecule has 0 bridgehead atoms. The molecule has 0 atom stereocenters. The zero-order valence-corrected chi connectivity index (χ0v) is 20.7. The molecular formula is C27H32N4O4. The van der Waals surface area contributed by atoms with Crippen LogP contribution < -0.4 is 14.8 Å². The predicted octanol–water partition coefficient (Wildman–Crippen LogP) is 4.39. The van der Waals surface area contributed by atoms with Crippen molar-refractivity contribution in [1.29, 1.82) is 0 Å². The zero-order valence-electron chi connectivity index (χ0n) is 20.7. The van der Waals surface area contributed by atoms with Crippen LogP contribution in [0.1, 0.15) is 26.7 Å². The highest BCUT2D eigenvalue weighted by atomic mass is 16.5. The molecule has 1 heterocycles. The van der Waals surface area contributed by atoms with E-state index in [1.54, 1.807) is 19.1 Å². The highest BCUT2D eigenvalue weighted by Gasteiger charge is 2.34. The Labute approximate surface area is 205 Å². The van der Waals surface area contributed by atoms with Gasteiger partial charge in [-0.05, 0) is 67.3 Å². The van der Waals surface area contributed by atoms with Crippen LogP contribution in [-0.4, -0.2) is 53.6 Å². The van der Waals surface area contributed by atoms with Crippen LogP contribution in [0.3, 0.4) is 0 Å². The minimum atomic E-state index is -0.277. The first-order chi connectivity index (χ1) is 16.9. The van der Waals surface area contributed by atoms with Gasteiger partial charge in [0.1, 0.15) is 11.5 Å². The minimum Gasteiger partial charge on any atom is -0.497 e. The lowest BCUT2D eigenvalue weighted by molar-refractivity contribution is -0.136. The standard InChI is InChI=1S/C27H32N4O4/c1-18(2)15-30(26(33)20-5-6-20)17-25(32)29-27-28-24(19-7-11-22(34-3)12-8-19)16-31(27)21-9-13-23(35-4)14-10-21/h7-14,16,18,20H,5-6,15,17H2,1-4H3,(H,28,29,32). The number of rotatable bonds is 10. The van der Waals surface area contributed by atoms with Crippen molar-refractivity contribution in [1.82, 2.24) is 14.5 Å². The van der Waals surface area contributed by atoms with E-state index in [2.05, 4.69) is 5.32 Å². The number of hydrogen-bond acceptors (Lipinski definition) is 5. The summed E-state index contributed by atoms with van der Waals surface area (Å²) in [5.74, 6) is 1.99. The van der Waals surface area contributed by atoms with Crippen molar-refractivity contribution in [3.05, 3.63) is 54.7 Å². The second kappa shape index (κ2) is 10.6.